The maximum atomic E-state index is 13.3. The molecule has 0 aliphatic carbocycles. The van der Waals surface area contributed by atoms with E-state index >= 15 is 0 Å². The van der Waals surface area contributed by atoms with Crippen LogP contribution in [0, 0.1) is 5.82 Å². The Bertz CT molecular complexity index is 1120. The van der Waals surface area contributed by atoms with Crippen LogP contribution in [0.1, 0.15) is 10.4 Å². The molecule has 2 aromatic heterocycles. The Kier molecular flexibility index (Phi) is 3.61. The SMILES string of the molecule is COC(=O)c1ccc2c(c1)nc(Nc1nc3ccc(F)cc3s1)n2C. The van der Waals surface area contributed by atoms with Crippen LogP contribution < -0.4 is 5.32 Å². The maximum absolute atomic E-state index is 13.3. The number of nitrogens with one attached hydrogen (secondary N) is 1. The van der Waals surface area contributed by atoms with Gasteiger partial charge >= 0.3 is 5.97 Å². The highest BCUT2D eigenvalue weighted by Crippen LogP contribution is 2.29. The molecule has 2 heterocycles. The van der Waals surface area contributed by atoms with Crippen molar-refractivity contribution in [1.82, 2.24) is 14.5 Å². The molecule has 0 spiro atoms. The summed E-state index contributed by atoms with van der Waals surface area (Å²) in [4.78, 5) is 20.6. The van der Waals surface area contributed by atoms with Gasteiger partial charge in [-0.25, -0.2) is 19.2 Å². The van der Waals surface area contributed by atoms with Gasteiger partial charge in [-0.05, 0) is 36.4 Å². The molecule has 2 aromatic carbocycles. The predicted octanol–water partition coefficient (Wildman–Crippen LogP) is 3.85. The van der Waals surface area contributed by atoms with Crippen molar-refractivity contribution in [1.29, 1.82) is 0 Å². The molecule has 0 saturated carbocycles. The number of fused-ring (bicyclic) bond motifs is 2. The highest BCUT2D eigenvalue weighted by atomic mass is 32.1. The van der Waals surface area contributed by atoms with Crippen LogP contribution in [0.5, 0.6) is 0 Å². The van der Waals surface area contributed by atoms with E-state index in [4.69, 9.17) is 4.74 Å². The first-order valence-electron chi connectivity index (χ1n) is 7.43. The Labute approximate surface area is 145 Å². The lowest BCUT2D eigenvalue weighted by molar-refractivity contribution is 0.0601. The first kappa shape index (κ1) is 15.5. The van der Waals surface area contributed by atoms with Crippen molar-refractivity contribution in [2.45, 2.75) is 0 Å². The molecule has 8 heteroatoms. The zero-order valence-corrected chi connectivity index (χ0v) is 14.2. The van der Waals surface area contributed by atoms with E-state index in [1.54, 1.807) is 18.2 Å². The van der Waals surface area contributed by atoms with Crippen molar-refractivity contribution in [3.63, 3.8) is 0 Å². The first-order chi connectivity index (χ1) is 12.0. The number of ether oxygens (including phenoxy) is 1. The summed E-state index contributed by atoms with van der Waals surface area (Å²) in [6.45, 7) is 0. The summed E-state index contributed by atoms with van der Waals surface area (Å²) in [6.07, 6.45) is 0. The molecule has 0 radical (unpaired) electrons. The minimum Gasteiger partial charge on any atom is -0.465 e. The Morgan fingerprint density at radius 2 is 2.04 bits per heavy atom. The molecule has 25 heavy (non-hydrogen) atoms. The van der Waals surface area contributed by atoms with Gasteiger partial charge in [0.05, 0.1) is 33.9 Å². The summed E-state index contributed by atoms with van der Waals surface area (Å²) in [5.74, 6) is -0.118. The van der Waals surface area contributed by atoms with Crippen LogP contribution >= 0.6 is 11.3 Å². The number of imidazole rings is 1. The molecule has 6 nitrogen and oxygen atoms in total. The molecule has 0 aliphatic rings. The highest BCUT2D eigenvalue weighted by Gasteiger charge is 2.13. The van der Waals surface area contributed by atoms with Gasteiger partial charge in [0.2, 0.25) is 5.95 Å². The Balaban J connectivity index is 1.72. The molecule has 4 rings (SSSR count). The van der Waals surface area contributed by atoms with Crippen molar-refractivity contribution in [3.05, 3.63) is 47.8 Å². The van der Waals surface area contributed by atoms with Crippen LogP contribution in [-0.4, -0.2) is 27.6 Å². The third kappa shape index (κ3) is 2.70. The van der Waals surface area contributed by atoms with Crippen LogP contribution in [0.3, 0.4) is 0 Å². The number of benzene rings is 2. The van der Waals surface area contributed by atoms with Crippen molar-refractivity contribution >= 4 is 49.6 Å². The zero-order valence-electron chi connectivity index (χ0n) is 13.4. The third-order valence-corrected chi connectivity index (χ3v) is 4.80. The van der Waals surface area contributed by atoms with E-state index in [0.29, 0.717) is 22.2 Å². The normalized spacial score (nSPS) is 11.2. The van der Waals surface area contributed by atoms with E-state index in [1.807, 2.05) is 17.7 Å². The molecule has 1 N–H and O–H groups in total. The largest absolute Gasteiger partial charge is 0.465 e. The first-order valence-corrected chi connectivity index (χ1v) is 8.25. The number of esters is 1. The topological polar surface area (TPSA) is 69.0 Å². The van der Waals surface area contributed by atoms with Crippen LogP contribution in [0.4, 0.5) is 15.5 Å². The molecule has 0 unspecified atom stereocenters. The van der Waals surface area contributed by atoms with E-state index in [1.165, 1.54) is 30.6 Å². The number of thiazole rings is 1. The van der Waals surface area contributed by atoms with Gasteiger partial charge in [0.15, 0.2) is 5.13 Å². The quantitative estimate of drug-likeness (QED) is 0.565. The summed E-state index contributed by atoms with van der Waals surface area (Å²) in [5, 5.41) is 3.77. The molecule has 0 atom stereocenters. The number of anilines is 2. The number of carbonyl (C=O) groups excluding carboxylic acids is 1. The van der Waals surface area contributed by atoms with Crippen molar-refractivity contribution in [3.8, 4) is 0 Å². The Morgan fingerprint density at radius 3 is 2.84 bits per heavy atom. The van der Waals surface area contributed by atoms with E-state index in [0.717, 1.165) is 15.7 Å². The number of hydrogen-bond acceptors (Lipinski definition) is 6. The number of aryl methyl sites for hydroxylation is 1. The summed E-state index contributed by atoms with van der Waals surface area (Å²) in [6, 6.07) is 9.67. The molecule has 0 fully saturated rings. The number of halogens is 1. The second-order valence-corrected chi connectivity index (χ2v) is 6.48. The lowest BCUT2D eigenvalue weighted by Gasteiger charge is -2.02. The van der Waals surface area contributed by atoms with Gasteiger partial charge in [0.1, 0.15) is 5.82 Å². The average Bonchev–Trinajstić information content (AvgIpc) is 3.14. The molecular weight excluding hydrogens is 343 g/mol. The maximum Gasteiger partial charge on any atom is 0.337 e. The van der Waals surface area contributed by atoms with Gasteiger partial charge in [-0.1, -0.05) is 11.3 Å². The van der Waals surface area contributed by atoms with E-state index < -0.39 is 5.97 Å². The van der Waals surface area contributed by atoms with Crippen molar-refractivity contribution in [2.75, 3.05) is 12.4 Å². The zero-order chi connectivity index (χ0) is 17.6. The third-order valence-electron chi connectivity index (χ3n) is 3.87. The summed E-state index contributed by atoms with van der Waals surface area (Å²) in [5.41, 5.74) is 2.69. The van der Waals surface area contributed by atoms with Gasteiger partial charge in [-0.2, -0.15) is 0 Å². The smallest absolute Gasteiger partial charge is 0.337 e. The number of aromatic nitrogens is 3. The molecule has 0 aliphatic heterocycles. The fourth-order valence-corrected chi connectivity index (χ4v) is 3.49. The number of rotatable bonds is 3. The minimum atomic E-state index is -0.407. The lowest BCUT2D eigenvalue weighted by Crippen LogP contribution is -2.00. The van der Waals surface area contributed by atoms with Crippen LogP contribution in [0.2, 0.25) is 0 Å². The van der Waals surface area contributed by atoms with Crippen molar-refractivity contribution in [2.24, 2.45) is 7.05 Å². The Morgan fingerprint density at radius 1 is 1.20 bits per heavy atom. The highest BCUT2D eigenvalue weighted by molar-refractivity contribution is 7.22. The number of hydrogen-bond donors (Lipinski definition) is 1. The lowest BCUT2D eigenvalue weighted by atomic mass is 10.2. The van der Waals surface area contributed by atoms with Crippen LogP contribution in [-0.2, 0) is 11.8 Å². The van der Waals surface area contributed by atoms with Gasteiger partial charge in [-0.15, -0.1) is 0 Å². The number of carbonyl (C=O) groups is 1. The van der Waals surface area contributed by atoms with Gasteiger partial charge in [-0.3, -0.25) is 0 Å². The Hall–Kier alpha value is -3.00. The standard InChI is InChI=1S/C17H13FN4O2S/c1-22-13-6-3-9(15(23)24-2)7-12(13)19-16(22)21-17-20-11-5-4-10(18)8-14(11)25-17/h3-8H,1-2H3,(H,19,20,21). The monoisotopic (exact) mass is 356 g/mol. The average molecular weight is 356 g/mol. The van der Waals surface area contributed by atoms with E-state index in [-0.39, 0.29) is 5.82 Å². The second kappa shape index (κ2) is 5.82. The molecular formula is C17H13FN4O2S. The van der Waals surface area contributed by atoms with Crippen molar-refractivity contribution < 1.29 is 13.9 Å². The van der Waals surface area contributed by atoms with E-state index in [2.05, 4.69) is 15.3 Å². The number of methoxy groups -OCH3 is 1. The molecule has 4 aromatic rings. The van der Waals surface area contributed by atoms with Gasteiger partial charge in [0, 0.05) is 7.05 Å². The predicted molar refractivity (Wildman–Crippen MR) is 94.9 cm³/mol. The molecule has 0 bridgehead atoms. The second-order valence-electron chi connectivity index (χ2n) is 5.45. The minimum absolute atomic E-state index is 0.291. The van der Waals surface area contributed by atoms with E-state index in [9.17, 15) is 9.18 Å². The summed E-state index contributed by atoms with van der Waals surface area (Å²) >= 11 is 1.35. The van der Waals surface area contributed by atoms with Crippen LogP contribution in [0.25, 0.3) is 21.3 Å². The molecule has 0 amide bonds. The van der Waals surface area contributed by atoms with Crippen LogP contribution in [0.15, 0.2) is 36.4 Å². The van der Waals surface area contributed by atoms with Gasteiger partial charge in [0.25, 0.3) is 0 Å². The number of nitrogens with zero attached hydrogens (tertiary/aromatic N) is 3. The summed E-state index contributed by atoms with van der Waals surface area (Å²) < 4.78 is 20.7. The fraction of sp³-hybridized carbons (Fsp3) is 0.118. The summed E-state index contributed by atoms with van der Waals surface area (Å²) in [7, 11) is 3.20. The van der Waals surface area contributed by atoms with Gasteiger partial charge < -0.3 is 14.6 Å². The molecule has 126 valence electrons. The fourth-order valence-electron chi connectivity index (χ4n) is 2.60. The molecule has 0 saturated heterocycles.